The molecule has 0 aromatic heterocycles. The van der Waals surface area contributed by atoms with E-state index in [1.807, 2.05) is 12.1 Å². The molecule has 2 N–H and O–H groups in total. The minimum Gasteiger partial charge on any atom is -0.481 e. The number of carbonyl (C=O) groups excluding carboxylic acids is 1. The van der Waals surface area contributed by atoms with Gasteiger partial charge in [-0.2, -0.15) is 0 Å². The van der Waals surface area contributed by atoms with Gasteiger partial charge in [-0.05, 0) is 54.0 Å². The Kier molecular flexibility index (Phi) is 7.95. The lowest BCUT2D eigenvalue weighted by atomic mass is 9.64. The van der Waals surface area contributed by atoms with E-state index in [2.05, 4.69) is 37.9 Å². The van der Waals surface area contributed by atoms with Crippen molar-refractivity contribution in [3.63, 3.8) is 0 Å². The number of anilines is 2. The van der Waals surface area contributed by atoms with Crippen LogP contribution in [0, 0.1) is 23.5 Å². The van der Waals surface area contributed by atoms with Crippen molar-refractivity contribution in [3.05, 3.63) is 59.2 Å². The van der Waals surface area contributed by atoms with Gasteiger partial charge in [-0.3, -0.25) is 9.59 Å². The first-order chi connectivity index (χ1) is 16.0. The molecule has 0 radical (unpaired) electrons. The third-order valence-corrected chi connectivity index (χ3v) is 6.32. The summed E-state index contributed by atoms with van der Waals surface area (Å²) in [5, 5.41) is 12.8. The SMILES string of the molecule is CC(C)CN(CC(C)C)c1ccc(C2(C(=O)O)CCC2)cc1NC(=O)Cc1ccc(F)cc1F. The number of halogens is 2. The van der Waals surface area contributed by atoms with Crippen molar-refractivity contribution in [1.82, 2.24) is 0 Å². The van der Waals surface area contributed by atoms with Gasteiger partial charge >= 0.3 is 5.97 Å². The normalized spacial score (nSPS) is 14.7. The number of carboxylic acids is 1. The summed E-state index contributed by atoms with van der Waals surface area (Å²) >= 11 is 0. The Bertz CT molecular complexity index is 1040. The number of hydrogen-bond acceptors (Lipinski definition) is 3. The minimum absolute atomic E-state index is 0.0961. The fraction of sp³-hybridized carbons (Fsp3) is 0.481. The molecule has 0 bridgehead atoms. The molecule has 184 valence electrons. The molecular weight excluding hydrogens is 438 g/mol. The number of aliphatic carboxylic acids is 1. The highest BCUT2D eigenvalue weighted by Gasteiger charge is 2.46. The topological polar surface area (TPSA) is 69.6 Å². The number of nitrogens with one attached hydrogen (secondary N) is 1. The second-order valence-electron chi connectivity index (χ2n) is 10.1. The van der Waals surface area contributed by atoms with Crippen molar-refractivity contribution in [2.45, 2.75) is 58.8 Å². The molecular formula is C27H34F2N2O3. The van der Waals surface area contributed by atoms with E-state index in [4.69, 9.17) is 0 Å². The predicted octanol–water partition coefficient (Wildman–Crippen LogP) is 5.77. The van der Waals surface area contributed by atoms with Gasteiger partial charge in [0.2, 0.25) is 5.91 Å². The molecule has 1 fully saturated rings. The zero-order valence-electron chi connectivity index (χ0n) is 20.3. The average molecular weight is 473 g/mol. The zero-order chi connectivity index (χ0) is 25.0. The zero-order valence-corrected chi connectivity index (χ0v) is 20.3. The number of carboxylic acid groups (broad SMARTS) is 1. The van der Waals surface area contributed by atoms with Gasteiger partial charge in [0.05, 0.1) is 23.2 Å². The largest absolute Gasteiger partial charge is 0.481 e. The van der Waals surface area contributed by atoms with Gasteiger partial charge in [0.25, 0.3) is 0 Å². The lowest BCUT2D eigenvalue weighted by Crippen LogP contribution is -2.42. The smallest absolute Gasteiger partial charge is 0.314 e. The van der Waals surface area contributed by atoms with Crippen molar-refractivity contribution in [3.8, 4) is 0 Å². The molecule has 1 aliphatic rings. The summed E-state index contributed by atoms with van der Waals surface area (Å²) in [4.78, 5) is 27.2. The number of amides is 1. The molecule has 0 aliphatic heterocycles. The van der Waals surface area contributed by atoms with Crippen LogP contribution in [0.2, 0.25) is 0 Å². The Labute approximate surface area is 200 Å². The van der Waals surface area contributed by atoms with E-state index < -0.39 is 28.9 Å². The van der Waals surface area contributed by atoms with Gasteiger partial charge in [-0.1, -0.05) is 46.2 Å². The number of carbonyl (C=O) groups is 2. The maximum Gasteiger partial charge on any atom is 0.314 e. The first-order valence-electron chi connectivity index (χ1n) is 11.9. The highest BCUT2D eigenvalue weighted by molar-refractivity contribution is 5.96. The summed E-state index contributed by atoms with van der Waals surface area (Å²) in [6, 6.07) is 8.64. The molecule has 0 spiro atoms. The van der Waals surface area contributed by atoms with E-state index in [0.717, 1.165) is 37.3 Å². The maximum absolute atomic E-state index is 14.1. The molecule has 7 heteroatoms. The minimum atomic E-state index is -0.942. The van der Waals surface area contributed by atoms with Crippen LogP contribution in [0.4, 0.5) is 20.2 Å². The fourth-order valence-corrected chi connectivity index (χ4v) is 4.55. The van der Waals surface area contributed by atoms with E-state index in [-0.39, 0.29) is 12.0 Å². The Morgan fingerprint density at radius 1 is 1.03 bits per heavy atom. The Morgan fingerprint density at radius 2 is 1.68 bits per heavy atom. The summed E-state index contributed by atoms with van der Waals surface area (Å²) in [6.45, 7) is 9.99. The predicted molar refractivity (Wildman–Crippen MR) is 130 cm³/mol. The molecule has 0 unspecified atom stereocenters. The molecule has 1 amide bonds. The van der Waals surface area contributed by atoms with E-state index in [9.17, 15) is 23.5 Å². The first-order valence-corrected chi connectivity index (χ1v) is 11.9. The van der Waals surface area contributed by atoms with Crippen LogP contribution >= 0.6 is 0 Å². The molecule has 3 rings (SSSR count). The molecule has 1 saturated carbocycles. The lowest BCUT2D eigenvalue weighted by Gasteiger charge is -2.39. The Hall–Kier alpha value is -2.96. The summed E-state index contributed by atoms with van der Waals surface area (Å²) < 4.78 is 27.4. The molecule has 1 aliphatic carbocycles. The van der Waals surface area contributed by atoms with Crippen LogP contribution in [0.3, 0.4) is 0 Å². The molecule has 2 aromatic rings. The van der Waals surface area contributed by atoms with Crippen molar-refractivity contribution in [2.24, 2.45) is 11.8 Å². The summed E-state index contributed by atoms with van der Waals surface area (Å²) in [6.07, 6.45) is 1.69. The Balaban J connectivity index is 1.98. The van der Waals surface area contributed by atoms with Crippen LogP contribution < -0.4 is 10.2 Å². The third kappa shape index (κ3) is 5.75. The van der Waals surface area contributed by atoms with Gasteiger partial charge in [0.15, 0.2) is 0 Å². The number of benzene rings is 2. The van der Waals surface area contributed by atoms with Crippen LogP contribution in [-0.4, -0.2) is 30.1 Å². The van der Waals surface area contributed by atoms with Crippen LogP contribution in [0.25, 0.3) is 0 Å². The van der Waals surface area contributed by atoms with E-state index in [1.165, 1.54) is 6.07 Å². The second-order valence-corrected chi connectivity index (χ2v) is 10.1. The number of rotatable bonds is 10. The molecule has 34 heavy (non-hydrogen) atoms. The average Bonchev–Trinajstić information content (AvgIpc) is 2.68. The van der Waals surface area contributed by atoms with Gasteiger partial charge in [-0.15, -0.1) is 0 Å². The van der Waals surface area contributed by atoms with Crippen molar-refractivity contribution >= 4 is 23.3 Å². The van der Waals surface area contributed by atoms with Gasteiger partial charge in [0.1, 0.15) is 11.6 Å². The van der Waals surface area contributed by atoms with Crippen molar-refractivity contribution < 1.29 is 23.5 Å². The van der Waals surface area contributed by atoms with Gasteiger partial charge in [-0.25, -0.2) is 8.78 Å². The fourth-order valence-electron chi connectivity index (χ4n) is 4.55. The van der Waals surface area contributed by atoms with Crippen LogP contribution in [0.5, 0.6) is 0 Å². The first kappa shape index (κ1) is 25.7. The van der Waals surface area contributed by atoms with E-state index in [0.29, 0.717) is 35.9 Å². The summed E-state index contributed by atoms with van der Waals surface area (Å²) in [5.41, 5.74) is 1.13. The standard InChI is InChI=1S/C27H34F2N2O3/c1-17(2)15-31(16-18(3)4)24-9-7-20(27(26(33)34)10-5-11-27)13-23(24)30-25(32)12-19-6-8-21(28)14-22(19)29/h6-9,13-14,17-18H,5,10-12,15-16H2,1-4H3,(H,30,32)(H,33,34). The van der Waals surface area contributed by atoms with Crippen LogP contribution in [0.1, 0.15) is 58.1 Å². The molecule has 0 saturated heterocycles. The van der Waals surface area contributed by atoms with Crippen LogP contribution in [-0.2, 0) is 21.4 Å². The second kappa shape index (κ2) is 10.5. The molecule has 0 heterocycles. The third-order valence-electron chi connectivity index (χ3n) is 6.32. The van der Waals surface area contributed by atoms with Crippen molar-refractivity contribution in [1.29, 1.82) is 0 Å². The summed E-state index contributed by atoms with van der Waals surface area (Å²) in [7, 11) is 0. The molecule has 0 atom stereocenters. The van der Waals surface area contributed by atoms with Gasteiger partial charge in [0, 0.05) is 19.2 Å². The van der Waals surface area contributed by atoms with Crippen LogP contribution in [0.15, 0.2) is 36.4 Å². The lowest BCUT2D eigenvalue weighted by molar-refractivity contribution is -0.147. The van der Waals surface area contributed by atoms with E-state index >= 15 is 0 Å². The highest BCUT2D eigenvalue weighted by atomic mass is 19.1. The Morgan fingerprint density at radius 3 is 2.18 bits per heavy atom. The quantitative estimate of drug-likeness (QED) is 0.461. The number of nitrogens with zero attached hydrogens (tertiary/aromatic N) is 1. The molecule has 5 nitrogen and oxygen atoms in total. The van der Waals surface area contributed by atoms with Gasteiger partial charge < -0.3 is 15.3 Å². The monoisotopic (exact) mass is 472 g/mol. The van der Waals surface area contributed by atoms with Crippen molar-refractivity contribution in [2.75, 3.05) is 23.3 Å². The number of hydrogen-bond donors (Lipinski definition) is 2. The summed E-state index contributed by atoms with van der Waals surface area (Å²) in [5.74, 6) is -2.05. The molecule has 2 aromatic carbocycles. The highest BCUT2D eigenvalue weighted by Crippen LogP contribution is 2.46. The maximum atomic E-state index is 14.1. The van der Waals surface area contributed by atoms with E-state index in [1.54, 1.807) is 6.07 Å².